The van der Waals surface area contributed by atoms with Crippen LogP contribution in [0.4, 0.5) is 17.5 Å². The fraction of sp³-hybridized carbons (Fsp3) is 0.545. The summed E-state index contributed by atoms with van der Waals surface area (Å²) in [6.07, 6.45) is 0. The predicted octanol–water partition coefficient (Wildman–Crippen LogP) is 0.924. The molecule has 2 aliphatic heterocycles. The Morgan fingerprint density at radius 1 is 0.718 bits per heavy atom. The van der Waals surface area contributed by atoms with Gasteiger partial charge in [-0.05, 0) is 14.1 Å². The van der Waals surface area contributed by atoms with Crippen LogP contribution in [0.15, 0.2) is 0 Å². The number of anilines is 3. The summed E-state index contributed by atoms with van der Waals surface area (Å²) in [6.45, 7) is 8.16. The zero-order valence-corrected chi connectivity index (χ0v) is 24.5. The van der Waals surface area contributed by atoms with Crippen LogP contribution in [0, 0.1) is 0 Å². The van der Waals surface area contributed by atoms with Crippen molar-refractivity contribution in [3.63, 3.8) is 0 Å². The Kier molecular flexibility index (Phi) is 13.1. The van der Waals surface area contributed by atoms with Gasteiger partial charge >= 0.3 is 11.9 Å². The number of rotatable bonds is 3. The summed E-state index contributed by atoms with van der Waals surface area (Å²) in [5.74, 6) is -0.910. The van der Waals surface area contributed by atoms with Crippen LogP contribution in [0.2, 0.25) is 15.5 Å². The molecule has 2 aliphatic rings. The molecule has 0 spiro atoms. The number of nitrogen functional groups attached to an aromatic ring is 2. The van der Waals surface area contributed by atoms with E-state index in [0.29, 0.717) is 5.82 Å². The largest absolute Gasteiger partial charge is 0.464 e. The number of piperazine rings is 2. The smallest absolute Gasteiger partial charge is 0.360 e. The molecule has 0 aromatic carbocycles. The molecule has 0 saturated carbocycles. The van der Waals surface area contributed by atoms with Crippen LogP contribution in [-0.4, -0.2) is 122 Å². The first-order chi connectivity index (χ1) is 18.5. The molecule has 2 aromatic heterocycles. The predicted molar refractivity (Wildman–Crippen MR) is 151 cm³/mol. The Hall–Kier alpha value is -2.75. The number of nitrogens with one attached hydrogen (secondary N) is 1. The Balaban J connectivity index is 0.000000229. The number of carbonyl (C=O) groups excluding carboxylic acids is 2. The van der Waals surface area contributed by atoms with Crippen LogP contribution in [0.1, 0.15) is 21.0 Å². The second kappa shape index (κ2) is 15.7. The first-order valence-electron chi connectivity index (χ1n) is 11.8. The van der Waals surface area contributed by atoms with E-state index in [9.17, 15) is 9.59 Å². The molecular formula is C22H33Cl3N10O4. The van der Waals surface area contributed by atoms with Crippen molar-refractivity contribution in [1.29, 1.82) is 0 Å². The molecule has 4 rings (SSSR count). The van der Waals surface area contributed by atoms with E-state index in [2.05, 4.69) is 58.6 Å². The summed E-state index contributed by atoms with van der Waals surface area (Å²) < 4.78 is 8.96. The monoisotopic (exact) mass is 606 g/mol. The fourth-order valence-electron chi connectivity index (χ4n) is 3.31. The number of carbonyl (C=O) groups is 2. The molecule has 0 radical (unpaired) electrons. The highest BCUT2D eigenvalue weighted by molar-refractivity contribution is 6.40. The van der Waals surface area contributed by atoms with Gasteiger partial charge in [-0.2, -0.15) is 0 Å². The van der Waals surface area contributed by atoms with Crippen molar-refractivity contribution in [3.05, 3.63) is 26.8 Å². The van der Waals surface area contributed by atoms with Crippen molar-refractivity contribution < 1.29 is 19.1 Å². The summed E-state index contributed by atoms with van der Waals surface area (Å²) in [5, 5.41) is 3.30. The van der Waals surface area contributed by atoms with Gasteiger partial charge in [-0.3, -0.25) is 0 Å². The van der Waals surface area contributed by atoms with Crippen LogP contribution in [0.25, 0.3) is 0 Å². The molecule has 0 unspecified atom stereocenters. The molecule has 0 amide bonds. The van der Waals surface area contributed by atoms with Gasteiger partial charge in [0.2, 0.25) is 0 Å². The van der Waals surface area contributed by atoms with E-state index in [4.69, 9.17) is 46.3 Å². The molecule has 17 heteroatoms. The average molecular weight is 608 g/mol. The van der Waals surface area contributed by atoms with Crippen molar-refractivity contribution in [2.45, 2.75) is 0 Å². The summed E-state index contributed by atoms with van der Waals surface area (Å²) in [5.41, 5.74) is 10.9. The minimum atomic E-state index is -0.705. The topological polar surface area (TPSA) is 178 Å². The van der Waals surface area contributed by atoms with E-state index in [-0.39, 0.29) is 38.5 Å². The number of esters is 2. The lowest BCUT2D eigenvalue weighted by Crippen LogP contribution is -2.45. The van der Waals surface area contributed by atoms with Crippen LogP contribution in [0.5, 0.6) is 0 Å². The minimum absolute atomic E-state index is 0.0326. The molecule has 2 aromatic rings. The molecule has 14 nitrogen and oxygen atoms in total. The summed E-state index contributed by atoms with van der Waals surface area (Å²) >= 11 is 17.1. The zero-order valence-electron chi connectivity index (χ0n) is 22.2. The number of hydrogen-bond acceptors (Lipinski definition) is 14. The molecule has 0 bridgehead atoms. The SMILES string of the molecule is CN1CCNCC1.COC(=O)c1nc(Cl)c(Cl)nc1N.COC(=O)c1nc(Cl)c(N2CCN(C)CC2)nc1N. The van der Waals surface area contributed by atoms with Gasteiger partial charge in [0.05, 0.1) is 14.2 Å². The lowest BCUT2D eigenvalue weighted by atomic mass is 10.3. The number of aromatic nitrogens is 4. The maximum Gasteiger partial charge on any atom is 0.360 e. The van der Waals surface area contributed by atoms with Crippen LogP contribution in [-0.2, 0) is 9.47 Å². The van der Waals surface area contributed by atoms with Gasteiger partial charge < -0.3 is 41.0 Å². The second-order valence-electron chi connectivity index (χ2n) is 8.44. The summed E-state index contributed by atoms with van der Waals surface area (Å²) in [7, 11) is 6.66. The Bertz CT molecular complexity index is 1130. The van der Waals surface area contributed by atoms with E-state index < -0.39 is 11.9 Å². The maximum absolute atomic E-state index is 11.4. The van der Waals surface area contributed by atoms with Gasteiger partial charge in [-0.25, -0.2) is 29.5 Å². The Labute approximate surface area is 241 Å². The molecule has 39 heavy (non-hydrogen) atoms. The number of likely N-dealkylation sites (N-methyl/N-ethyl adjacent to an activating group) is 2. The molecule has 2 saturated heterocycles. The lowest BCUT2D eigenvalue weighted by Gasteiger charge is -2.33. The minimum Gasteiger partial charge on any atom is -0.464 e. The van der Waals surface area contributed by atoms with Crippen molar-refractivity contribution in [2.24, 2.45) is 0 Å². The molecule has 2 fully saturated rings. The zero-order chi connectivity index (χ0) is 29.1. The first kappa shape index (κ1) is 32.5. The van der Waals surface area contributed by atoms with Gasteiger partial charge in [0, 0.05) is 52.4 Å². The van der Waals surface area contributed by atoms with E-state index in [1.165, 1.54) is 27.3 Å². The van der Waals surface area contributed by atoms with Crippen LogP contribution in [0.3, 0.4) is 0 Å². The normalized spacial score (nSPS) is 15.8. The maximum atomic E-state index is 11.4. The average Bonchev–Trinajstić information content (AvgIpc) is 2.92. The number of nitrogens with zero attached hydrogens (tertiary/aromatic N) is 7. The van der Waals surface area contributed by atoms with Crippen LogP contribution >= 0.6 is 34.8 Å². The quantitative estimate of drug-likeness (QED) is 0.420. The van der Waals surface area contributed by atoms with Gasteiger partial charge in [0.1, 0.15) is 0 Å². The van der Waals surface area contributed by atoms with Crippen molar-refractivity contribution in [2.75, 3.05) is 97.0 Å². The highest BCUT2D eigenvalue weighted by Crippen LogP contribution is 2.25. The molecule has 0 atom stereocenters. The van der Waals surface area contributed by atoms with E-state index in [0.717, 1.165) is 39.3 Å². The van der Waals surface area contributed by atoms with Crippen LogP contribution < -0.4 is 21.7 Å². The van der Waals surface area contributed by atoms with Crippen molar-refractivity contribution in [1.82, 2.24) is 35.1 Å². The molecular weight excluding hydrogens is 575 g/mol. The third-order valence-electron chi connectivity index (χ3n) is 5.61. The van der Waals surface area contributed by atoms with Gasteiger partial charge in [-0.1, -0.05) is 34.8 Å². The second-order valence-corrected chi connectivity index (χ2v) is 9.51. The first-order valence-corrected chi connectivity index (χ1v) is 12.9. The van der Waals surface area contributed by atoms with E-state index in [1.54, 1.807) is 0 Å². The third-order valence-corrected chi connectivity index (χ3v) is 6.48. The number of nitrogens with two attached hydrogens (primary N) is 2. The standard InChI is InChI=1S/C11H16ClN5O2.C6H5Cl2N3O2.C5H12N2/c1-16-3-5-17(6-4-16)10-8(12)14-7(9(13)15-10)11(18)19-2;1-13-6(12)2-5(9)11-4(8)3(7)10-2;1-7-4-2-6-3-5-7/h3-6H2,1-2H3,(H2,13,15);1H3,(H2,9,11);6H,2-5H2,1H3. The van der Waals surface area contributed by atoms with E-state index >= 15 is 0 Å². The Morgan fingerprint density at radius 2 is 1.15 bits per heavy atom. The highest BCUT2D eigenvalue weighted by Gasteiger charge is 2.23. The number of ether oxygens (including phenoxy) is 2. The molecule has 216 valence electrons. The lowest BCUT2D eigenvalue weighted by molar-refractivity contribution is 0.0586. The number of halogens is 3. The van der Waals surface area contributed by atoms with Crippen molar-refractivity contribution in [3.8, 4) is 0 Å². The molecule has 5 N–H and O–H groups in total. The van der Waals surface area contributed by atoms with Gasteiger partial charge in [0.25, 0.3) is 0 Å². The number of methoxy groups -OCH3 is 2. The Morgan fingerprint density at radius 3 is 1.62 bits per heavy atom. The third kappa shape index (κ3) is 9.74. The summed E-state index contributed by atoms with van der Waals surface area (Å²) in [6, 6.07) is 0. The van der Waals surface area contributed by atoms with Crippen molar-refractivity contribution >= 4 is 64.2 Å². The molecule has 0 aliphatic carbocycles. The molecule has 4 heterocycles. The van der Waals surface area contributed by atoms with E-state index in [1.807, 2.05) is 4.90 Å². The van der Waals surface area contributed by atoms with Gasteiger partial charge in [-0.15, -0.1) is 0 Å². The van der Waals surface area contributed by atoms with Gasteiger partial charge in [0.15, 0.2) is 44.3 Å². The fourth-order valence-corrected chi connectivity index (χ4v) is 3.82. The number of hydrogen-bond donors (Lipinski definition) is 3. The summed E-state index contributed by atoms with van der Waals surface area (Å²) in [4.78, 5) is 44.3. The highest BCUT2D eigenvalue weighted by atomic mass is 35.5.